The average molecular weight is 320 g/mol. The van der Waals surface area contributed by atoms with Gasteiger partial charge in [0.05, 0.1) is 18.7 Å². The van der Waals surface area contributed by atoms with Crippen LogP contribution in [0.3, 0.4) is 0 Å². The van der Waals surface area contributed by atoms with Crippen LogP contribution in [0.4, 0.5) is 0 Å². The Balaban J connectivity index is 1.51. The number of aromatic amines is 1. The van der Waals surface area contributed by atoms with Gasteiger partial charge in [-0.1, -0.05) is 0 Å². The lowest BCUT2D eigenvalue weighted by molar-refractivity contribution is -0.136. The van der Waals surface area contributed by atoms with E-state index in [-0.39, 0.29) is 17.7 Å². The fourth-order valence-electron chi connectivity index (χ4n) is 3.53. The molecular formula is C16H24N4O3. The highest BCUT2D eigenvalue weighted by atomic mass is 16.5. The van der Waals surface area contributed by atoms with Crippen LogP contribution in [0.5, 0.6) is 0 Å². The Morgan fingerprint density at radius 1 is 1.43 bits per heavy atom. The number of rotatable bonds is 5. The van der Waals surface area contributed by atoms with Crippen molar-refractivity contribution in [3.05, 3.63) is 18.0 Å². The van der Waals surface area contributed by atoms with Crippen LogP contribution in [0.25, 0.3) is 0 Å². The molecule has 3 rings (SSSR count). The number of nitrogens with one attached hydrogen (secondary N) is 1. The molecule has 0 unspecified atom stereocenters. The molecule has 2 saturated heterocycles. The zero-order chi connectivity index (χ0) is 16.2. The number of nitrogens with zero attached hydrogens (tertiary/aromatic N) is 3. The zero-order valence-electron chi connectivity index (χ0n) is 13.5. The first-order valence-electron chi connectivity index (χ1n) is 8.23. The summed E-state index contributed by atoms with van der Waals surface area (Å²) in [5, 5.41) is 6.85. The van der Waals surface area contributed by atoms with Gasteiger partial charge in [0, 0.05) is 45.9 Å². The van der Waals surface area contributed by atoms with Crippen molar-refractivity contribution in [2.45, 2.75) is 25.2 Å². The predicted molar refractivity (Wildman–Crippen MR) is 83.7 cm³/mol. The fourth-order valence-corrected chi connectivity index (χ4v) is 3.53. The lowest BCUT2D eigenvalue weighted by atomic mass is 9.91. The maximum absolute atomic E-state index is 12.7. The van der Waals surface area contributed by atoms with E-state index in [9.17, 15) is 9.59 Å². The van der Waals surface area contributed by atoms with Gasteiger partial charge in [-0.25, -0.2) is 0 Å². The maximum Gasteiger partial charge on any atom is 0.227 e. The van der Waals surface area contributed by atoms with E-state index < -0.39 is 0 Å². The minimum atomic E-state index is -0.190. The Labute approximate surface area is 136 Å². The number of amides is 2. The van der Waals surface area contributed by atoms with Gasteiger partial charge in [-0.2, -0.15) is 5.10 Å². The molecule has 0 radical (unpaired) electrons. The lowest BCUT2D eigenvalue weighted by Gasteiger charge is -2.33. The van der Waals surface area contributed by atoms with E-state index in [0.717, 1.165) is 25.9 Å². The second-order valence-corrected chi connectivity index (χ2v) is 6.36. The number of aromatic nitrogens is 2. The number of ether oxygens (including phenoxy) is 1. The summed E-state index contributed by atoms with van der Waals surface area (Å²) in [4.78, 5) is 28.3. The van der Waals surface area contributed by atoms with Crippen molar-refractivity contribution in [1.82, 2.24) is 20.0 Å². The molecule has 0 aromatic carbocycles. The Bertz CT molecular complexity index is 538. The van der Waals surface area contributed by atoms with Crippen LogP contribution < -0.4 is 0 Å². The van der Waals surface area contributed by atoms with Crippen molar-refractivity contribution in [3.63, 3.8) is 0 Å². The van der Waals surface area contributed by atoms with Crippen LogP contribution in [-0.4, -0.2) is 71.7 Å². The Morgan fingerprint density at radius 2 is 2.22 bits per heavy atom. The number of piperidine rings is 1. The summed E-state index contributed by atoms with van der Waals surface area (Å²) < 4.78 is 5.01. The molecule has 1 N–H and O–H groups in total. The summed E-state index contributed by atoms with van der Waals surface area (Å²) in [6.45, 7) is 3.14. The molecule has 0 saturated carbocycles. The van der Waals surface area contributed by atoms with Gasteiger partial charge in [0.15, 0.2) is 0 Å². The molecule has 23 heavy (non-hydrogen) atoms. The molecule has 2 aliphatic heterocycles. The molecule has 2 amide bonds. The fraction of sp³-hybridized carbons (Fsp3) is 0.688. The van der Waals surface area contributed by atoms with Crippen LogP contribution >= 0.6 is 0 Å². The van der Waals surface area contributed by atoms with Gasteiger partial charge in [-0.05, 0) is 24.3 Å². The SMILES string of the molecule is COCCN1C[C@H](C(=O)N2CCC(c3cn[nH]c3)CC2)CC1=O. The summed E-state index contributed by atoms with van der Waals surface area (Å²) >= 11 is 0. The van der Waals surface area contributed by atoms with Gasteiger partial charge < -0.3 is 14.5 Å². The van der Waals surface area contributed by atoms with E-state index in [0.29, 0.717) is 32.0 Å². The number of carbonyl (C=O) groups excluding carboxylic acids is 2. The number of methoxy groups -OCH3 is 1. The minimum Gasteiger partial charge on any atom is -0.383 e. The van der Waals surface area contributed by atoms with E-state index in [1.54, 1.807) is 12.0 Å². The zero-order valence-corrected chi connectivity index (χ0v) is 13.5. The Hall–Kier alpha value is -1.89. The van der Waals surface area contributed by atoms with Gasteiger partial charge in [-0.15, -0.1) is 0 Å². The van der Waals surface area contributed by atoms with Crippen molar-refractivity contribution in [3.8, 4) is 0 Å². The van der Waals surface area contributed by atoms with Crippen LogP contribution in [0, 0.1) is 5.92 Å². The van der Waals surface area contributed by atoms with Crippen LogP contribution in [0.15, 0.2) is 12.4 Å². The van der Waals surface area contributed by atoms with Crippen LogP contribution in [0.1, 0.15) is 30.7 Å². The first-order valence-corrected chi connectivity index (χ1v) is 8.23. The molecule has 3 heterocycles. The highest BCUT2D eigenvalue weighted by molar-refractivity contribution is 5.89. The van der Waals surface area contributed by atoms with Gasteiger partial charge in [0.2, 0.25) is 11.8 Å². The van der Waals surface area contributed by atoms with E-state index in [2.05, 4.69) is 10.2 Å². The number of hydrogen-bond acceptors (Lipinski definition) is 4. The molecule has 7 nitrogen and oxygen atoms in total. The highest BCUT2D eigenvalue weighted by Crippen LogP contribution is 2.29. The molecule has 126 valence electrons. The summed E-state index contributed by atoms with van der Waals surface area (Å²) in [6.07, 6.45) is 6.06. The van der Waals surface area contributed by atoms with E-state index in [4.69, 9.17) is 4.74 Å². The van der Waals surface area contributed by atoms with E-state index in [1.807, 2.05) is 17.3 Å². The third-order valence-corrected chi connectivity index (χ3v) is 4.93. The van der Waals surface area contributed by atoms with Crippen molar-refractivity contribution in [1.29, 1.82) is 0 Å². The predicted octanol–water partition coefficient (Wildman–Crippen LogP) is 0.611. The average Bonchev–Trinajstić information content (AvgIpc) is 3.22. The third kappa shape index (κ3) is 3.55. The molecule has 0 aliphatic carbocycles. The number of hydrogen-bond donors (Lipinski definition) is 1. The van der Waals surface area contributed by atoms with Gasteiger partial charge >= 0.3 is 0 Å². The van der Waals surface area contributed by atoms with Crippen molar-refractivity contribution < 1.29 is 14.3 Å². The molecular weight excluding hydrogens is 296 g/mol. The van der Waals surface area contributed by atoms with Gasteiger partial charge in [0.25, 0.3) is 0 Å². The first-order chi connectivity index (χ1) is 11.2. The molecule has 1 aromatic rings. The lowest BCUT2D eigenvalue weighted by Crippen LogP contribution is -2.42. The monoisotopic (exact) mass is 320 g/mol. The third-order valence-electron chi connectivity index (χ3n) is 4.93. The maximum atomic E-state index is 12.7. The van der Waals surface area contributed by atoms with Crippen molar-refractivity contribution in [2.75, 3.05) is 39.9 Å². The van der Waals surface area contributed by atoms with Crippen LogP contribution in [0.2, 0.25) is 0 Å². The van der Waals surface area contributed by atoms with E-state index in [1.165, 1.54) is 5.56 Å². The smallest absolute Gasteiger partial charge is 0.227 e. The first kappa shape index (κ1) is 16.0. The summed E-state index contributed by atoms with van der Waals surface area (Å²) in [5.41, 5.74) is 1.22. The summed E-state index contributed by atoms with van der Waals surface area (Å²) in [6, 6.07) is 0. The second-order valence-electron chi connectivity index (χ2n) is 6.36. The Kier molecular flexibility index (Phi) is 4.95. The molecule has 2 fully saturated rings. The second kappa shape index (κ2) is 7.12. The molecule has 2 aliphatic rings. The molecule has 7 heteroatoms. The molecule has 0 bridgehead atoms. The molecule has 0 spiro atoms. The standard InChI is InChI=1S/C16H24N4O3/c1-23-7-6-20-11-13(8-15(20)21)16(22)19-4-2-12(3-5-19)14-9-17-18-10-14/h9-10,12-13H,2-8,11H2,1H3,(H,17,18)/t13-/m1/s1. The van der Waals surface area contributed by atoms with Gasteiger partial charge in [0.1, 0.15) is 0 Å². The number of H-pyrrole nitrogens is 1. The molecule has 1 aromatic heterocycles. The summed E-state index contributed by atoms with van der Waals surface area (Å²) in [7, 11) is 1.62. The topological polar surface area (TPSA) is 78.5 Å². The molecule has 1 atom stereocenters. The van der Waals surface area contributed by atoms with Crippen molar-refractivity contribution in [2.24, 2.45) is 5.92 Å². The number of carbonyl (C=O) groups is 2. The largest absolute Gasteiger partial charge is 0.383 e. The normalized spacial score (nSPS) is 22.8. The van der Waals surface area contributed by atoms with Gasteiger partial charge in [-0.3, -0.25) is 14.7 Å². The van der Waals surface area contributed by atoms with Crippen LogP contribution in [-0.2, 0) is 14.3 Å². The summed E-state index contributed by atoms with van der Waals surface area (Å²) in [5.74, 6) is 0.476. The quantitative estimate of drug-likeness (QED) is 0.862. The van der Waals surface area contributed by atoms with Crippen molar-refractivity contribution >= 4 is 11.8 Å². The number of likely N-dealkylation sites (tertiary alicyclic amines) is 2. The highest BCUT2D eigenvalue weighted by Gasteiger charge is 2.37. The van der Waals surface area contributed by atoms with E-state index >= 15 is 0 Å². The Morgan fingerprint density at radius 3 is 2.87 bits per heavy atom. The minimum absolute atomic E-state index is 0.0636.